The van der Waals surface area contributed by atoms with Crippen LogP contribution in [0.1, 0.15) is 11.9 Å². The normalized spacial score (nSPS) is 37.9. The highest BCUT2D eigenvalue weighted by Gasteiger charge is 2.48. The summed E-state index contributed by atoms with van der Waals surface area (Å²) < 4.78 is 17.4. The zero-order chi connectivity index (χ0) is 15.5. The molecule has 0 amide bonds. The fourth-order valence-electron chi connectivity index (χ4n) is 2.73. The zero-order valence-corrected chi connectivity index (χ0v) is 12.8. The van der Waals surface area contributed by atoms with Crippen molar-refractivity contribution >= 4 is 11.8 Å². The van der Waals surface area contributed by atoms with Crippen molar-refractivity contribution in [2.45, 2.75) is 36.1 Å². The van der Waals surface area contributed by atoms with E-state index < -0.39 is 30.0 Å². The average molecular weight is 323 g/mol. The van der Waals surface area contributed by atoms with Crippen LogP contribution in [0.15, 0.2) is 35.4 Å². The van der Waals surface area contributed by atoms with Gasteiger partial charge in [-0.25, -0.2) is 0 Å². The maximum absolute atomic E-state index is 10.5. The topological polar surface area (TPSA) is 96.7 Å². The number of fused-ring (bicyclic) bond motifs is 1. The maximum atomic E-state index is 10.5. The lowest BCUT2D eigenvalue weighted by Gasteiger charge is -2.46. The van der Waals surface area contributed by atoms with Gasteiger partial charge in [0, 0.05) is 10.5 Å². The summed E-state index contributed by atoms with van der Waals surface area (Å²) in [5, 5.41) is 14.2. The number of aliphatic hydroxyl groups excluding tert-OH is 1. The van der Waals surface area contributed by atoms with E-state index in [1.54, 1.807) is 0 Å². The second-order valence-electron chi connectivity index (χ2n) is 5.14. The molecule has 0 spiro atoms. The average Bonchev–Trinajstić information content (AvgIpc) is 2.58. The molecule has 6 atom stereocenters. The Balaban J connectivity index is 1.79. The van der Waals surface area contributed by atoms with Gasteiger partial charge in [0.05, 0.1) is 12.7 Å². The fraction of sp³-hybridized carbons (Fsp3) is 0.571. The van der Waals surface area contributed by atoms with Crippen molar-refractivity contribution in [3.63, 3.8) is 0 Å². The molecule has 0 aliphatic carbocycles. The van der Waals surface area contributed by atoms with Gasteiger partial charge >= 0.3 is 0 Å². The Labute approximate surface area is 132 Å². The van der Waals surface area contributed by atoms with Crippen LogP contribution in [0.5, 0.6) is 0 Å². The number of ether oxygens (including phenoxy) is 3. The van der Waals surface area contributed by atoms with Crippen LogP contribution in [0.3, 0.4) is 0 Å². The van der Waals surface area contributed by atoms with E-state index in [9.17, 15) is 5.11 Å². The first-order valence-electron chi connectivity index (χ1n) is 6.97. The molecule has 22 heavy (non-hydrogen) atoms. The standard InChI is InChI=1S/C14H17N3O4S/c1-22-14-10(16-17-15)11(18)12-9(20-14)7-19-13(21-12)8-5-3-2-4-6-8/h2-6,9-14,18H,7H2,1H3/t9-,10-,11-,12+,13?,14+/m1/s1. The molecular weight excluding hydrogens is 306 g/mol. The first-order valence-corrected chi connectivity index (χ1v) is 8.26. The predicted molar refractivity (Wildman–Crippen MR) is 81.1 cm³/mol. The van der Waals surface area contributed by atoms with Gasteiger partial charge in [0.2, 0.25) is 0 Å². The number of rotatable bonds is 3. The highest BCUT2D eigenvalue weighted by atomic mass is 32.2. The van der Waals surface area contributed by atoms with E-state index in [0.29, 0.717) is 6.61 Å². The Morgan fingerprint density at radius 1 is 1.32 bits per heavy atom. The van der Waals surface area contributed by atoms with Crippen molar-refractivity contribution < 1.29 is 19.3 Å². The molecule has 3 rings (SSSR count). The van der Waals surface area contributed by atoms with Crippen LogP contribution in [-0.2, 0) is 14.2 Å². The molecule has 1 aromatic carbocycles. The number of azide groups is 1. The first kappa shape index (κ1) is 15.6. The molecule has 2 aliphatic rings. The summed E-state index contributed by atoms with van der Waals surface area (Å²) >= 11 is 1.39. The van der Waals surface area contributed by atoms with E-state index in [1.165, 1.54) is 11.8 Å². The van der Waals surface area contributed by atoms with Gasteiger partial charge in [0.25, 0.3) is 0 Å². The minimum Gasteiger partial charge on any atom is -0.390 e. The molecule has 1 unspecified atom stereocenters. The summed E-state index contributed by atoms with van der Waals surface area (Å²) in [5.41, 5.74) is 9.16. The van der Waals surface area contributed by atoms with Crippen molar-refractivity contribution in [1.29, 1.82) is 0 Å². The van der Waals surface area contributed by atoms with Crippen LogP contribution in [0, 0.1) is 0 Å². The SMILES string of the molecule is CS[C@@H]1O[C@@H]2COC(c3ccccc3)O[C@@H]2[C@H](O)[C@H]1N=[N+]=[N-]. The molecule has 0 bridgehead atoms. The third kappa shape index (κ3) is 2.94. The number of aliphatic hydroxyl groups is 1. The minimum atomic E-state index is -0.929. The Bertz CT molecular complexity index is 554. The number of benzene rings is 1. The molecule has 7 nitrogen and oxygen atoms in total. The van der Waals surface area contributed by atoms with E-state index in [-0.39, 0.29) is 6.10 Å². The van der Waals surface area contributed by atoms with Gasteiger partial charge in [0.1, 0.15) is 23.7 Å². The molecule has 8 heteroatoms. The second-order valence-corrected chi connectivity index (χ2v) is 6.08. The number of thioether (sulfide) groups is 1. The fourth-order valence-corrected chi connectivity index (χ4v) is 3.48. The molecular formula is C14H17N3O4S. The molecule has 1 N–H and O–H groups in total. The van der Waals surface area contributed by atoms with Crippen LogP contribution in [-0.4, -0.2) is 47.8 Å². The van der Waals surface area contributed by atoms with Crippen LogP contribution >= 0.6 is 11.8 Å². The predicted octanol–water partition coefficient (Wildman–Crippen LogP) is 2.23. The first-order chi connectivity index (χ1) is 10.7. The van der Waals surface area contributed by atoms with Crippen molar-refractivity contribution in [3.8, 4) is 0 Å². The van der Waals surface area contributed by atoms with Crippen LogP contribution in [0.25, 0.3) is 10.4 Å². The van der Waals surface area contributed by atoms with E-state index in [4.69, 9.17) is 19.7 Å². The van der Waals surface area contributed by atoms with E-state index in [2.05, 4.69) is 10.0 Å². The molecule has 0 radical (unpaired) electrons. The van der Waals surface area contributed by atoms with Crippen molar-refractivity contribution in [3.05, 3.63) is 46.3 Å². The van der Waals surface area contributed by atoms with E-state index in [1.807, 2.05) is 36.6 Å². The van der Waals surface area contributed by atoms with Gasteiger partial charge in [-0.2, -0.15) is 0 Å². The molecule has 2 aliphatic heterocycles. The summed E-state index contributed by atoms with van der Waals surface area (Å²) in [6.07, 6.45) is -0.606. The number of hydrogen-bond donors (Lipinski definition) is 1. The second kappa shape index (κ2) is 6.87. The monoisotopic (exact) mass is 323 g/mol. The molecule has 1 aromatic rings. The van der Waals surface area contributed by atoms with Crippen LogP contribution in [0.2, 0.25) is 0 Å². The molecule has 0 aromatic heterocycles. The van der Waals surface area contributed by atoms with Gasteiger partial charge in [-0.15, -0.1) is 11.8 Å². The summed E-state index contributed by atoms with van der Waals surface area (Å²) in [7, 11) is 0. The van der Waals surface area contributed by atoms with Crippen molar-refractivity contribution in [2.24, 2.45) is 5.11 Å². The molecule has 118 valence electrons. The minimum absolute atomic E-state index is 0.321. The Hall–Kier alpha value is -1.28. The smallest absolute Gasteiger partial charge is 0.184 e. The Morgan fingerprint density at radius 3 is 2.77 bits per heavy atom. The summed E-state index contributed by atoms with van der Waals surface area (Å²) in [5.74, 6) is 0. The lowest BCUT2D eigenvalue weighted by Crippen LogP contribution is -2.60. The maximum Gasteiger partial charge on any atom is 0.184 e. The zero-order valence-electron chi connectivity index (χ0n) is 12.0. The third-order valence-electron chi connectivity index (χ3n) is 3.82. The Kier molecular flexibility index (Phi) is 4.87. The van der Waals surface area contributed by atoms with Crippen LogP contribution in [0.4, 0.5) is 0 Å². The summed E-state index contributed by atoms with van der Waals surface area (Å²) in [6.45, 7) is 0.321. The van der Waals surface area contributed by atoms with Gasteiger partial charge in [-0.05, 0) is 11.8 Å². The molecule has 2 fully saturated rings. The number of nitrogens with zero attached hydrogens (tertiary/aromatic N) is 3. The lowest BCUT2D eigenvalue weighted by molar-refractivity contribution is -0.305. The molecule has 2 heterocycles. The summed E-state index contributed by atoms with van der Waals surface area (Å²) in [6, 6.07) is 8.82. The lowest BCUT2D eigenvalue weighted by atomic mass is 9.97. The molecule has 0 saturated carbocycles. The molecule has 2 saturated heterocycles. The van der Waals surface area contributed by atoms with Crippen LogP contribution < -0.4 is 0 Å². The summed E-state index contributed by atoms with van der Waals surface area (Å²) in [4.78, 5) is 2.81. The highest BCUT2D eigenvalue weighted by Crippen LogP contribution is 2.37. The quantitative estimate of drug-likeness (QED) is 0.522. The van der Waals surface area contributed by atoms with Gasteiger partial charge < -0.3 is 19.3 Å². The van der Waals surface area contributed by atoms with E-state index >= 15 is 0 Å². The van der Waals surface area contributed by atoms with Gasteiger partial charge in [0.15, 0.2) is 6.29 Å². The Morgan fingerprint density at radius 2 is 2.09 bits per heavy atom. The van der Waals surface area contributed by atoms with Crippen molar-refractivity contribution in [2.75, 3.05) is 12.9 Å². The van der Waals surface area contributed by atoms with E-state index in [0.717, 1.165) is 5.56 Å². The van der Waals surface area contributed by atoms with Gasteiger partial charge in [-0.1, -0.05) is 35.4 Å². The van der Waals surface area contributed by atoms with Crippen molar-refractivity contribution in [1.82, 2.24) is 0 Å². The third-order valence-corrected chi connectivity index (χ3v) is 4.68. The number of hydrogen-bond acceptors (Lipinski definition) is 6. The van der Waals surface area contributed by atoms with Gasteiger partial charge in [-0.3, -0.25) is 0 Å². The largest absolute Gasteiger partial charge is 0.390 e. The highest BCUT2D eigenvalue weighted by molar-refractivity contribution is 7.99.